The number of piperidine rings is 1. The van der Waals surface area contributed by atoms with E-state index in [9.17, 15) is 18.8 Å². The lowest BCUT2D eigenvalue weighted by atomic mass is 9.98. The lowest BCUT2D eigenvalue weighted by Gasteiger charge is -2.32. The maximum absolute atomic E-state index is 14.1. The first kappa shape index (κ1) is 18.4. The van der Waals surface area contributed by atoms with Gasteiger partial charge in [-0.3, -0.25) is 14.4 Å². The first-order valence-corrected chi connectivity index (χ1v) is 9.09. The predicted octanol–water partition coefficient (Wildman–Crippen LogP) is 1.94. The average Bonchev–Trinajstić information content (AvgIpc) is 3.06. The Morgan fingerprint density at radius 2 is 2.08 bits per heavy atom. The second-order valence-electron chi connectivity index (χ2n) is 7.00. The SMILES string of the molecule is CC(=O)N1CCCC(CNC(=O)c2cc(N3CCCC3=O)ccc2F)C1. The van der Waals surface area contributed by atoms with E-state index in [2.05, 4.69) is 5.32 Å². The number of nitrogens with one attached hydrogen (secondary N) is 1. The number of halogens is 1. The van der Waals surface area contributed by atoms with Crippen molar-refractivity contribution < 1.29 is 18.8 Å². The lowest BCUT2D eigenvalue weighted by Crippen LogP contribution is -2.43. The van der Waals surface area contributed by atoms with Crippen molar-refractivity contribution in [3.05, 3.63) is 29.6 Å². The molecule has 2 aliphatic rings. The van der Waals surface area contributed by atoms with E-state index in [-0.39, 0.29) is 23.3 Å². The Hall–Kier alpha value is -2.44. The van der Waals surface area contributed by atoms with Gasteiger partial charge in [-0.05, 0) is 43.4 Å². The van der Waals surface area contributed by atoms with Crippen molar-refractivity contribution in [2.24, 2.45) is 5.92 Å². The van der Waals surface area contributed by atoms with Crippen LogP contribution in [0.15, 0.2) is 18.2 Å². The molecule has 1 unspecified atom stereocenters. The third-order valence-electron chi connectivity index (χ3n) is 5.10. The van der Waals surface area contributed by atoms with Crippen LogP contribution >= 0.6 is 0 Å². The topological polar surface area (TPSA) is 69.7 Å². The van der Waals surface area contributed by atoms with Crippen molar-refractivity contribution in [1.82, 2.24) is 10.2 Å². The summed E-state index contributed by atoms with van der Waals surface area (Å²) >= 11 is 0. The van der Waals surface area contributed by atoms with E-state index in [4.69, 9.17) is 0 Å². The molecule has 0 radical (unpaired) electrons. The largest absolute Gasteiger partial charge is 0.352 e. The molecular formula is C19H24FN3O3. The summed E-state index contributed by atoms with van der Waals surface area (Å²) in [6.07, 6.45) is 3.08. The number of likely N-dealkylation sites (tertiary alicyclic amines) is 1. The summed E-state index contributed by atoms with van der Waals surface area (Å²) in [6, 6.07) is 4.20. The molecule has 0 bridgehead atoms. The Morgan fingerprint density at radius 3 is 2.77 bits per heavy atom. The molecular weight excluding hydrogens is 337 g/mol. The summed E-state index contributed by atoms with van der Waals surface area (Å²) in [4.78, 5) is 39.2. The van der Waals surface area contributed by atoms with E-state index in [0.717, 1.165) is 25.8 Å². The molecule has 7 heteroatoms. The second kappa shape index (κ2) is 7.85. The van der Waals surface area contributed by atoms with Crippen LogP contribution in [0.5, 0.6) is 0 Å². The van der Waals surface area contributed by atoms with Gasteiger partial charge in [0.1, 0.15) is 5.82 Å². The van der Waals surface area contributed by atoms with Crippen LogP contribution in [0.2, 0.25) is 0 Å². The molecule has 0 aliphatic carbocycles. The molecule has 1 N–H and O–H groups in total. The summed E-state index contributed by atoms with van der Waals surface area (Å²) in [5, 5.41) is 2.78. The van der Waals surface area contributed by atoms with E-state index in [1.807, 2.05) is 0 Å². The van der Waals surface area contributed by atoms with Crippen molar-refractivity contribution >= 4 is 23.4 Å². The second-order valence-corrected chi connectivity index (χ2v) is 7.00. The highest BCUT2D eigenvalue weighted by Crippen LogP contribution is 2.24. The first-order valence-electron chi connectivity index (χ1n) is 9.09. The van der Waals surface area contributed by atoms with Gasteiger partial charge in [0, 0.05) is 45.2 Å². The maximum atomic E-state index is 14.1. The van der Waals surface area contributed by atoms with Gasteiger partial charge in [-0.25, -0.2) is 4.39 Å². The number of carbonyl (C=O) groups is 3. The highest BCUT2D eigenvalue weighted by Gasteiger charge is 2.25. The maximum Gasteiger partial charge on any atom is 0.254 e. The molecule has 140 valence electrons. The molecule has 0 spiro atoms. The standard InChI is InChI=1S/C19H24FN3O3/c1-13(24)22-8-2-4-14(12-22)11-21-19(26)16-10-15(6-7-17(16)20)23-9-3-5-18(23)25/h6-7,10,14H,2-5,8-9,11-12H2,1H3,(H,21,26). The van der Waals surface area contributed by atoms with E-state index in [1.54, 1.807) is 16.7 Å². The van der Waals surface area contributed by atoms with Gasteiger partial charge >= 0.3 is 0 Å². The van der Waals surface area contributed by atoms with E-state index in [1.165, 1.54) is 18.2 Å². The molecule has 2 saturated heterocycles. The zero-order valence-corrected chi connectivity index (χ0v) is 15.0. The fraction of sp³-hybridized carbons (Fsp3) is 0.526. The third kappa shape index (κ3) is 4.03. The molecule has 2 heterocycles. The number of benzene rings is 1. The number of carbonyl (C=O) groups excluding carboxylic acids is 3. The molecule has 6 nitrogen and oxygen atoms in total. The van der Waals surface area contributed by atoms with Gasteiger partial charge in [0.05, 0.1) is 5.56 Å². The summed E-state index contributed by atoms with van der Waals surface area (Å²) in [6.45, 7) is 3.89. The minimum atomic E-state index is -0.605. The van der Waals surface area contributed by atoms with Crippen LogP contribution < -0.4 is 10.2 Å². The zero-order valence-electron chi connectivity index (χ0n) is 15.0. The number of rotatable bonds is 4. The van der Waals surface area contributed by atoms with E-state index < -0.39 is 11.7 Å². The quantitative estimate of drug-likeness (QED) is 0.891. The minimum absolute atomic E-state index is 0.00510. The average molecular weight is 361 g/mol. The molecule has 1 atom stereocenters. The number of amides is 3. The molecule has 2 aliphatic heterocycles. The number of nitrogens with zero attached hydrogens (tertiary/aromatic N) is 2. The van der Waals surface area contributed by atoms with Crippen LogP contribution in [0.4, 0.5) is 10.1 Å². The van der Waals surface area contributed by atoms with Crippen LogP contribution in [0.1, 0.15) is 43.0 Å². The minimum Gasteiger partial charge on any atom is -0.352 e. The fourth-order valence-corrected chi connectivity index (χ4v) is 3.63. The molecule has 2 fully saturated rings. The Labute approximate surface area is 152 Å². The predicted molar refractivity (Wildman–Crippen MR) is 95.3 cm³/mol. The normalized spacial score (nSPS) is 20.4. The third-order valence-corrected chi connectivity index (χ3v) is 5.10. The Kier molecular flexibility index (Phi) is 5.54. The lowest BCUT2D eigenvalue weighted by molar-refractivity contribution is -0.130. The summed E-state index contributed by atoms with van der Waals surface area (Å²) in [5.41, 5.74) is 0.501. The van der Waals surface area contributed by atoms with Crippen LogP contribution in [0.25, 0.3) is 0 Å². The highest BCUT2D eigenvalue weighted by atomic mass is 19.1. The van der Waals surface area contributed by atoms with Crippen LogP contribution in [-0.4, -0.2) is 48.8 Å². The number of anilines is 1. The van der Waals surface area contributed by atoms with Crippen molar-refractivity contribution in [3.63, 3.8) is 0 Å². The van der Waals surface area contributed by atoms with E-state index in [0.29, 0.717) is 31.7 Å². The molecule has 26 heavy (non-hydrogen) atoms. The Bertz CT molecular complexity index is 722. The van der Waals surface area contributed by atoms with Gasteiger partial charge in [-0.1, -0.05) is 0 Å². The van der Waals surface area contributed by atoms with E-state index >= 15 is 0 Å². The zero-order chi connectivity index (χ0) is 18.7. The molecule has 0 aromatic heterocycles. The monoisotopic (exact) mass is 361 g/mol. The van der Waals surface area contributed by atoms with Gasteiger partial charge in [-0.2, -0.15) is 0 Å². The Balaban J connectivity index is 1.64. The Morgan fingerprint density at radius 1 is 1.27 bits per heavy atom. The van der Waals surface area contributed by atoms with Crippen LogP contribution in [0.3, 0.4) is 0 Å². The van der Waals surface area contributed by atoms with Gasteiger partial charge < -0.3 is 15.1 Å². The van der Waals surface area contributed by atoms with Crippen molar-refractivity contribution in [2.45, 2.75) is 32.6 Å². The molecule has 1 aromatic carbocycles. The summed E-state index contributed by atoms with van der Waals surface area (Å²) in [7, 11) is 0. The smallest absolute Gasteiger partial charge is 0.254 e. The van der Waals surface area contributed by atoms with Gasteiger partial charge in [-0.15, -0.1) is 0 Å². The first-order chi connectivity index (χ1) is 12.5. The van der Waals surface area contributed by atoms with Gasteiger partial charge in [0.25, 0.3) is 5.91 Å². The van der Waals surface area contributed by atoms with Gasteiger partial charge in [0.2, 0.25) is 11.8 Å². The number of hydrogen-bond donors (Lipinski definition) is 1. The van der Waals surface area contributed by atoms with Crippen LogP contribution in [-0.2, 0) is 9.59 Å². The van der Waals surface area contributed by atoms with Crippen molar-refractivity contribution in [1.29, 1.82) is 0 Å². The van der Waals surface area contributed by atoms with Crippen molar-refractivity contribution in [2.75, 3.05) is 31.1 Å². The highest BCUT2D eigenvalue weighted by molar-refractivity contribution is 5.99. The summed E-state index contributed by atoms with van der Waals surface area (Å²) < 4.78 is 14.1. The fourth-order valence-electron chi connectivity index (χ4n) is 3.63. The molecule has 3 amide bonds. The molecule has 1 aromatic rings. The molecule has 0 saturated carbocycles. The summed E-state index contributed by atoms with van der Waals surface area (Å²) in [5.74, 6) is -0.893. The molecule has 3 rings (SSSR count). The number of hydrogen-bond acceptors (Lipinski definition) is 3. The van der Waals surface area contributed by atoms with Crippen molar-refractivity contribution in [3.8, 4) is 0 Å². The van der Waals surface area contributed by atoms with Gasteiger partial charge in [0.15, 0.2) is 0 Å². The van der Waals surface area contributed by atoms with Crippen LogP contribution in [0, 0.1) is 11.7 Å².